The van der Waals surface area contributed by atoms with Crippen LogP contribution in [0.3, 0.4) is 0 Å². The minimum atomic E-state index is -3.46. The number of hydrogen-bond donors (Lipinski definition) is 1. The third kappa shape index (κ3) is 4.27. The Kier molecular flexibility index (Phi) is 5.49. The van der Waals surface area contributed by atoms with Crippen molar-refractivity contribution in [2.24, 2.45) is 4.40 Å². The van der Waals surface area contributed by atoms with Gasteiger partial charge in [-0.25, -0.2) is 13.2 Å². The number of fused-ring (bicyclic) bond motifs is 3. The van der Waals surface area contributed by atoms with E-state index in [9.17, 15) is 22.8 Å². The number of esters is 1. The second-order valence-corrected chi connectivity index (χ2v) is 10.7. The van der Waals surface area contributed by atoms with Crippen LogP contribution in [0.4, 0.5) is 5.69 Å². The van der Waals surface area contributed by atoms with Gasteiger partial charge in [0.1, 0.15) is 5.69 Å². The first-order valence-electron chi connectivity index (χ1n) is 10.4. The molecule has 4 heterocycles. The number of thioether (sulfide) groups is 1. The molecule has 0 saturated carbocycles. The highest BCUT2D eigenvalue weighted by Gasteiger charge is 2.33. The molecule has 1 aromatic carbocycles. The van der Waals surface area contributed by atoms with Crippen molar-refractivity contribution in [3.63, 3.8) is 0 Å². The number of H-pyrrole nitrogens is 1. The molecule has 3 aliphatic rings. The number of sulfonamides is 1. The van der Waals surface area contributed by atoms with Crippen LogP contribution in [-0.2, 0) is 14.8 Å². The highest BCUT2D eigenvalue weighted by atomic mass is 32.2. The van der Waals surface area contributed by atoms with Crippen molar-refractivity contribution in [2.75, 3.05) is 36.9 Å². The van der Waals surface area contributed by atoms with Gasteiger partial charge in [0.15, 0.2) is 11.8 Å². The summed E-state index contributed by atoms with van der Waals surface area (Å²) in [5.41, 5.74) is 1.63. The SMILES string of the molecule is O=C(COC(=O)c1ccc2c(c1)SC1=NS(=O)(=O)CCN12)c1c[nH]c(C(=O)N2CCCC2)c1. The van der Waals surface area contributed by atoms with Gasteiger partial charge in [0.05, 0.1) is 17.0 Å². The Morgan fingerprint density at radius 3 is 2.67 bits per heavy atom. The number of aromatic amines is 1. The van der Waals surface area contributed by atoms with Gasteiger partial charge in [-0.1, -0.05) is 0 Å². The van der Waals surface area contributed by atoms with Crippen LogP contribution in [0.1, 0.15) is 44.0 Å². The maximum atomic E-state index is 12.5. The second kappa shape index (κ2) is 8.34. The number of hydrogen-bond acceptors (Lipinski definition) is 8. The van der Waals surface area contributed by atoms with Crippen molar-refractivity contribution < 1.29 is 27.5 Å². The van der Waals surface area contributed by atoms with E-state index in [4.69, 9.17) is 4.74 Å². The number of amides is 1. The van der Waals surface area contributed by atoms with Gasteiger partial charge in [-0.05, 0) is 48.9 Å². The van der Waals surface area contributed by atoms with E-state index in [1.54, 1.807) is 28.0 Å². The zero-order chi connectivity index (χ0) is 23.2. The predicted molar refractivity (Wildman–Crippen MR) is 121 cm³/mol. The molecule has 12 heteroatoms. The van der Waals surface area contributed by atoms with Crippen molar-refractivity contribution in [3.05, 3.63) is 47.3 Å². The van der Waals surface area contributed by atoms with E-state index in [0.717, 1.165) is 18.5 Å². The Morgan fingerprint density at radius 2 is 1.88 bits per heavy atom. The fourth-order valence-electron chi connectivity index (χ4n) is 3.92. The van der Waals surface area contributed by atoms with Crippen molar-refractivity contribution in [3.8, 4) is 0 Å². The van der Waals surface area contributed by atoms with Crippen LogP contribution < -0.4 is 4.90 Å². The van der Waals surface area contributed by atoms with Crippen LogP contribution in [0.2, 0.25) is 0 Å². The van der Waals surface area contributed by atoms with Gasteiger partial charge in [-0.3, -0.25) is 9.59 Å². The molecule has 0 aliphatic carbocycles. The molecule has 0 radical (unpaired) electrons. The molecule has 172 valence electrons. The van der Waals surface area contributed by atoms with Crippen molar-refractivity contribution in [1.29, 1.82) is 0 Å². The quantitative estimate of drug-likeness (QED) is 0.499. The van der Waals surface area contributed by atoms with E-state index in [-0.39, 0.29) is 22.8 Å². The monoisotopic (exact) mass is 488 g/mol. The Balaban J connectivity index is 1.22. The summed E-state index contributed by atoms with van der Waals surface area (Å²) in [5.74, 6) is -1.30. The normalized spacial score (nSPS) is 18.5. The molecule has 0 spiro atoms. The Labute approximate surface area is 194 Å². The molecular weight excluding hydrogens is 468 g/mol. The number of Topliss-reactive ketones (excluding diaryl/α,β-unsaturated/α-hetero) is 1. The minimum Gasteiger partial charge on any atom is -0.454 e. The molecule has 10 nitrogen and oxygen atoms in total. The molecule has 2 aromatic rings. The zero-order valence-electron chi connectivity index (χ0n) is 17.4. The highest BCUT2D eigenvalue weighted by Crippen LogP contribution is 2.42. The number of ether oxygens (including phenoxy) is 1. The lowest BCUT2D eigenvalue weighted by molar-refractivity contribution is 0.0474. The third-order valence-electron chi connectivity index (χ3n) is 5.67. The highest BCUT2D eigenvalue weighted by molar-refractivity contribution is 8.15. The number of likely N-dealkylation sites (tertiary alicyclic amines) is 1. The van der Waals surface area contributed by atoms with Gasteiger partial charge in [0, 0.05) is 36.3 Å². The van der Waals surface area contributed by atoms with Crippen molar-refractivity contribution in [2.45, 2.75) is 17.7 Å². The summed E-state index contributed by atoms with van der Waals surface area (Å²) in [4.78, 5) is 44.4. The average molecular weight is 489 g/mol. The number of ketones is 1. The average Bonchev–Trinajstić information content (AvgIpc) is 3.54. The molecular formula is C21H20N4O6S2. The zero-order valence-corrected chi connectivity index (χ0v) is 19.1. The van der Waals surface area contributed by atoms with E-state index in [1.807, 2.05) is 0 Å². The van der Waals surface area contributed by atoms with Crippen LogP contribution >= 0.6 is 11.8 Å². The van der Waals surface area contributed by atoms with Crippen molar-refractivity contribution >= 4 is 50.3 Å². The summed E-state index contributed by atoms with van der Waals surface area (Å²) in [6, 6.07) is 6.36. The lowest BCUT2D eigenvalue weighted by Gasteiger charge is -2.22. The van der Waals surface area contributed by atoms with Crippen LogP contribution in [0.15, 0.2) is 39.8 Å². The van der Waals surface area contributed by atoms with Gasteiger partial charge in [0.25, 0.3) is 15.9 Å². The summed E-state index contributed by atoms with van der Waals surface area (Å²) < 4.78 is 32.4. The number of anilines is 1. The van der Waals surface area contributed by atoms with Gasteiger partial charge in [-0.2, -0.15) is 0 Å². The molecule has 5 rings (SSSR count). The number of nitrogens with zero attached hydrogens (tertiary/aromatic N) is 3. The first kappa shape index (κ1) is 21.7. The number of rotatable bonds is 5. The topological polar surface area (TPSA) is 129 Å². The lowest BCUT2D eigenvalue weighted by atomic mass is 10.2. The van der Waals surface area contributed by atoms with Crippen LogP contribution in [0.25, 0.3) is 0 Å². The van der Waals surface area contributed by atoms with E-state index in [2.05, 4.69) is 9.38 Å². The fourth-order valence-corrected chi connectivity index (χ4v) is 6.22. The molecule has 1 aromatic heterocycles. The number of benzene rings is 1. The summed E-state index contributed by atoms with van der Waals surface area (Å²) in [5, 5.41) is 0.365. The number of amidine groups is 1. The molecule has 0 bridgehead atoms. The Bertz CT molecular complexity index is 1290. The van der Waals surface area contributed by atoms with Gasteiger partial charge < -0.3 is 19.5 Å². The smallest absolute Gasteiger partial charge is 0.338 e. The van der Waals surface area contributed by atoms with Gasteiger partial charge in [-0.15, -0.1) is 4.40 Å². The van der Waals surface area contributed by atoms with Crippen LogP contribution in [-0.4, -0.2) is 73.1 Å². The van der Waals surface area contributed by atoms with E-state index in [0.29, 0.717) is 35.4 Å². The fraction of sp³-hybridized carbons (Fsp3) is 0.333. The standard InChI is InChI=1S/C21H20N4O6S2/c26-17(14-9-15(22-11-14)19(27)24-5-1-2-6-24)12-31-20(28)13-3-4-16-18(10-13)32-21-23-33(29,30)8-7-25(16)21/h3-4,9-11,22H,1-2,5-8,12H2. The molecule has 1 N–H and O–H groups in total. The first-order valence-corrected chi connectivity index (χ1v) is 12.8. The summed E-state index contributed by atoms with van der Waals surface area (Å²) in [7, 11) is -3.46. The largest absolute Gasteiger partial charge is 0.454 e. The van der Waals surface area contributed by atoms with Crippen LogP contribution in [0, 0.1) is 0 Å². The van der Waals surface area contributed by atoms with E-state index in [1.165, 1.54) is 24.0 Å². The molecule has 3 aliphatic heterocycles. The van der Waals surface area contributed by atoms with Gasteiger partial charge in [0.2, 0.25) is 5.78 Å². The Morgan fingerprint density at radius 1 is 1.09 bits per heavy atom. The minimum absolute atomic E-state index is 0.0626. The third-order valence-corrected chi connectivity index (χ3v) is 7.98. The Hall–Kier alpha value is -3.12. The van der Waals surface area contributed by atoms with Crippen LogP contribution in [0.5, 0.6) is 0 Å². The molecule has 1 saturated heterocycles. The lowest BCUT2D eigenvalue weighted by Crippen LogP contribution is -2.35. The number of carbonyl (C=O) groups excluding carboxylic acids is 3. The molecule has 0 atom stereocenters. The summed E-state index contributed by atoms with van der Waals surface area (Å²) in [6.07, 6.45) is 3.39. The molecule has 33 heavy (non-hydrogen) atoms. The second-order valence-electron chi connectivity index (χ2n) is 7.90. The van der Waals surface area contributed by atoms with E-state index >= 15 is 0 Å². The van der Waals surface area contributed by atoms with E-state index < -0.39 is 28.4 Å². The summed E-state index contributed by atoms with van der Waals surface area (Å²) in [6.45, 7) is 1.26. The van der Waals surface area contributed by atoms with Gasteiger partial charge >= 0.3 is 5.97 Å². The maximum absolute atomic E-state index is 12.5. The summed E-state index contributed by atoms with van der Waals surface area (Å²) >= 11 is 1.17. The maximum Gasteiger partial charge on any atom is 0.338 e. The number of carbonyl (C=O) groups is 3. The predicted octanol–water partition coefficient (Wildman–Crippen LogP) is 1.90. The molecule has 1 amide bonds. The first-order chi connectivity index (χ1) is 15.8. The molecule has 1 fully saturated rings. The number of nitrogens with one attached hydrogen (secondary N) is 1. The van der Waals surface area contributed by atoms with Crippen molar-refractivity contribution in [1.82, 2.24) is 9.88 Å². The molecule has 0 unspecified atom stereocenters. The number of aromatic nitrogens is 1.